The first-order chi connectivity index (χ1) is 6.98. The summed E-state index contributed by atoms with van der Waals surface area (Å²) in [6, 6.07) is 6.64. The van der Waals surface area contributed by atoms with Gasteiger partial charge in [-0.1, -0.05) is 23.7 Å². The van der Waals surface area contributed by atoms with Crippen LogP contribution in [0.2, 0.25) is 5.02 Å². The van der Waals surface area contributed by atoms with Crippen LogP contribution in [0.15, 0.2) is 24.3 Å². The van der Waals surface area contributed by atoms with E-state index in [1.807, 2.05) is 0 Å². The molecule has 0 heterocycles. The van der Waals surface area contributed by atoms with Gasteiger partial charge in [0.1, 0.15) is 0 Å². The minimum atomic E-state index is -1.18. The summed E-state index contributed by atoms with van der Waals surface area (Å²) < 4.78 is 0. The Hall–Kier alpha value is -1.26. The Morgan fingerprint density at radius 2 is 2.00 bits per heavy atom. The maximum absolute atomic E-state index is 10.6. The summed E-state index contributed by atoms with van der Waals surface area (Å²) in [5.74, 6) is 0. The molecule has 5 heteroatoms. The second kappa shape index (κ2) is 4.51. The van der Waals surface area contributed by atoms with Crippen LogP contribution >= 0.6 is 11.6 Å². The zero-order valence-electron chi connectivity index (χ0n) is 8.20. The molecule has 0 aliphatic carbocycles. The van der Waals surface area contributed by atoms with Crippen molar-refractivity contribution in [2.45, 2.75) is 12.5 Å². The Kier molecular flexibility index (Phi) is 3.55. The molecule has 0 aliphatic heterocycles. The summed E-state index contributed by atoms with van der Waals surface area (Å²) in [5.41, 5.74) is -0.340. The van der Waals surface area contributed by atoms with E-state index in [1.165, 1.54) is 0 Å². The summed E-state index contributed by atoms with van der Waals surface area (Å²) in [5, 5.41) is 20.7. The maximum atomic E-state index is 10.6. The van der Waals surface area contributed by atoms with Crippen LogP contribution in [-0.4, -0.2) is 22.9 Å². The fourth-order valence-corrected chi connectivity index (χ4v) is 1.38. The molecular formula is C10H12ClNO3. The molecule has 1 aromatic carbocycles. The smallest absolute Gasteiger partial charge is 0.405 e. The zero-order chi connectivity index (χ0) is 11.5. The first-order valence-electron chi connectivity index (χ1n) is 4.36. The molecule has 1 atom stereocenters. The van der Waals surface area contributed by atoms with Crippen molar-refractivity contribution in [1.29, 1.82) is 0 Å². The summed E-state index contributed by atoms with van der Waals surface area (Å²) >= 11 is 5.71. The zero-order valence-corrected chi connectivity index (χ0v) is 8.95. The van der Waals surface area contributed by atoms with Crippen LogP contribution in [0.4, 0.5) is 4.79 Å². The van der Waals surface area contributed by atoms with Gasteiger partial charge in [-0.2, -0.15) is 0 Å². The highest BCUT2D eigenvalue weighted by molar-refractivity contribution is 6.30. The molecular weight excluding hydrogens is 218 g/mol. The van der Waals surface area contributed by atoms with Crippen LogP contribution in [-0.2, 0) is 5.54 Å². The number of aliphatic hydroxyl groups excluding tert-OH is 1. The molecule has 0 aliphatic rings. The molecule has 0 saturated carbocycles. The number of benzene rings is 1. The second-order valence-electron chi connectivity index (χ2n) is 3.43. The molecule has 15 heavy (non-hydrogen) atoms. The van der Waals surface area contributed by atoms with Gasteiger partial charge in [0.25, 0.3) is 0 Å². The highest BCUT2D eigenvalue weighted by atomic mass is 35.5. The summed E-state index contributed by atoms with van der Waals surface area (Å²) in [4.78, 5) is 10.6. The van der Waals surface area contributed by atoms with E-state index in [-0.39, 0.29) is 6.61 Å². The normalized spacial score (nSPS) is 14.3. The van der Waals surface area contributed by atoms with E-state index in [0.29, 0.717) is 10.6 Å². The molecule has 0 aromatic heterocycles. The van der Waals surface area contributed by atoms with Gasteiger partial charge in [0.2, 0.25) is 0 Å². The van der Waals surface area contributed by atoms with Crippen molar-refractivity contribution in [3.05, 3.63) is 34.9 Å². The molecule has 1 aromatic rings. The molecule has 4 nitrogen and oxygen atoms in total. The maximum Gasteiger partial charge on any atom is 0.405 e. The number of amides is 1. The topological polar surface area (TPSA) is 69.6 Å². The molecule has 0 saturated heterocycles. The summed E-state index contributed by atoms with van der Waals surface area (Å²) in [6.45, 7) is 1.28. The van der Waals surface area contributed by atoms with E-state index >= 15 is 0 Å². The Bertz CT molecular complexity index is 352. The minimum absolute atomic E-state index is 0.319. The summed E-state index contributed by atoms with van der Waals surface area (Å²) in [7, 11) is 0. The Morgan fingerprint density at radius 1 is 1.47 bits per heavy atom. The van der Waals surface area contributed by atoms with Gasteiger partial charge < -0.3 is 15.5 Å². The molecule has 0 spiro atoms. The van der Waals surface area contributed by atoms with Crippen LogP contribution in [0, 0.1) is 0 Å². The largest absolute Gasteiger partial charge is 0.465 e. The highest BCUT2D eigenvalue weighted by Gasteiger charge is 2.27. The number of halogens is 1. The van der Waals surface area contributed by atoms with Gasteiger partial charge in [-0.3, -0.25) is 0 Å². The Morgan fingerprint density at radius 3 is 2.40 bits per heavy atom. The van der Waals surface area contributed by atoms with Gasteiger partial charge in [0.15, 0.2) is 0 Å². The van der Waals surface area contributed by atoms with E-state index in [9.17, 15) is 9.90 Å². The van der Waals surface area contributed by atoms with Crippen molar-refractivity contribution in [2.24, 2.45) is 0 Å². The van der Waals surface area contributed by atoms with E-state index in [4.69, 9.17) is 16.7 Å². The third-order valence-corrected chi connectivity index (χ3v) is 2.43. The number of hydrogen-bond acceptors (Lipinski definition) is 2. The van der Waals surface area contributed by atoms with Crippen molar-refractivity contribution >= 4 is 17.7 Å². The van der Waals surface area contributed by atoms with E-state index in [0.717, 1.165) is 0 Å². The fourth-order valence-electron chi connectivity index (χ4n) is 1.26. The third-order valence-electron chi connectivity index (χ3n) is 2.18. The Balaban J connectivity index is 3.00. The van der Waals surface area contributed by atoms with E-state index in [2.05, 4.69) is 5.32 Å². The number of carbonyl (C=O) groups is 1. The standard InChI is InChI=1S/C10H12ClNO3/c1-10(6-13,12-9(14)15)7-2-4-8(11)5-3-7/h2-5,12-13H,6H2,1H3,(H,14,15). The van der Waals surface area contributed by atoms with Crippen LogP contribution in [0.5, 0.6) is 0 Å². The second-order valence-corrected chi connectivity index (χ2v) is 3.86. The SMILES string of the molecule is CC(CO)(NC(=O)O)c1ccc(Cl)cc1. The minimum Gasteiger partial charge on any atom is -0.465 e. The van der Waals surface area contributed by atoms with Crippen molar-refractivity contribution < 1.29 is 15.0 Å². The average Bonchev–Trinajstić information content (AvgIpc) is 2.17. The quantitative estimate of drug-likeness (QED) is 0.741. The lowest BCUT2D eigenvalue weighted by molar-refractivity contribution is 0.146. The first-order valence-corrected chi connectivity index (χ1v) is 4.74. The van der Waals surface area contributed by atoms with Crippen molar-refractivity contribution in [3.8, 4) is 0 Å². The molecule has 82 valence electrons. The van der Waals surface area contributed by atoms with Crippen molar-refractivity contribution in [2.75, 3.05) is 6.61 Å². The molecule has 0 radical (unpaired) electrons. The van der Waals surface area contributed by atoms with Crippen LogP contribution < -0.4 is 5.32 Å². The lowest BCUT2D eigenvalue weighted by Gasteiger charge is -2.27. The number of aliphatic hydroxyl groups is 1. The van der Waals surface area contributed by atoms with Gasteiger partial charge >= 0.3 is 6.09 Å². The molecule has 0 bridgehead atoms. The number of hydrogen-bond donors (Lipinski definition) is 3. The van der Waals surface area contributed by atoms with Gasteiger partial charge in [-0.15, -0.1) is 0 Å². The van der Waals surface area contributed by atoms with Crippen LogP contribution in [0.25, 0.3) is 0 Å². The van der Waals surface area contributed by atoms with Crippen molar-refractivity contribution in [3.63, 3.8) is 0 Å². The van der Waals surface area contributed by atoms with Gasteiger partial charge in [0, 0.05) is 5.02 Å². The van der Waals surface area contributed by atoms with E-state index < -0.39 is 11.6 Å². The lowest BCUT2D eigenvalue weighted by atomic mass is 9.93. The molecule has 0 fully saturated rings. The predicted molar refractivity (Wildman–Crippen MR) is 57.1 cm³/mol. The van der Waals surface area contributed by atoms with Crippen LogP contribution in [0.3, 0.4) is 0 Å². The predicted octanol–water partition coefficient (Wildman–Crippen LogP) is 1.82. The fraction of sp³-hybridized carbons (Fsp3) is 0.300. The van der Waals surface area contributed by atoms with Crippen molar-refractivity contribution in [1.82, 2.24) is 5.32 Å². The van der Waals surface area contributed by atoms with Gasteiger partial charge in [-0.05, 0) is 24.6 Å². The van der Waals surface area contributed by atoms with Gasteiger partial charge in [-0.25, -0.2) is 4.79 Å². The third kappa shape index (κ3) is 2.84. The molecule has 3 N–H and O–H groups in total. The number of nitrogens with one attached hydrogen (secondary N) is 1. The summed E-state index contributed by atoms with van der Waals surface area (Å²) in [6.07, 6.45) is -1.18. The average molecular weight is 230 g/mol. The lowest BCUT2D eigenvalue weighted by Crippen LogP contribution is -2.45. The molecule has 1 rings (SSSR count). The number of rotatable bonds is 3. The highest BCUT2D eigenvalue weighted by Crippen LogP contribution is 2.21. The van der Waals surface area contributed by atoms with Gasteiger partial charge in [0.05, 0.1) is 12.1 Å². The molecule has 1 unspecified atom stereocenters. The number of carboxylic acid groups (broad SMARTS) is 1. The molecule has 1 amide bonds. The monoisotopic (exact) mass is 229 g/mol. The van der Waals surface area contributed by atoms with Crippen LogP contribution in [0.1, 0.15) is 12.5 Å². The van der Waals surface area contributed by atoms with E-state index in [1.54, 1.807) is 31.2 Å². The first kappa shape index (κ1) is 11.8. The Labute approximate surface area is 92.5 Å².